The van der Waals surface area contributed by atoms with Crippen LogP contribution in [0.5, 0.6) is 0 Å². The molecule has 1 unspecified atom stereocenters. The van der Waals surface area contributed by atoms with Gasteiger partial charge in [0.2, 0.25) is 0 Å². The zero-order valence-electron chi connectivity index (χ0n) is 7.17. The first-order chi connectivity index (χ1) is 5.36. The second kappa shape index (κ2) is 4.34. The summed E-state index contributed by atoms with van der Waals surface area (Å²) < 4.78 is 5.23. The van der Waals surface area contributed by atoms with Crippen LogP contribution in [0.2, 0.25) is 0 Å². The Morgan fingerprint density at radius 1 is 1.45 bits per heavy atom. The summed E-state index contributed by atoms with van der Waals surface area (Å²) in [6.45, 7) is 0. The predicted molar refractivity (Wildman–Crippen MR) is 43.7 cm³/mol. The van der Waals surface area contributed by atoms with Crippen LogP contribution in [0, 0.1) is 0 Å². The van der Waals surface area contributed by atoms with Gasteiger partial charge in [-0.1, -0.05) is 5.16 Å². The Bertz CT molecular complexity index is 145. The molecule has 0 saturated heterocycles. The van der Waals surface area contributed by atoms with Crippen molar-refractivity contribution in [3.63, 3.8) is 0 Å². The molecule has 0 aromatic carbocycles. The fraction of sp³-hybridized carbons (Fsp3) is 0.875. The third kappa shape index (κ3) is 2.50. The minimum Gasteiger partial charge on any atom is -0.399 e. The molecule has 11 heavy (non-hydrogen) atoms. The van der Waals surface area contributed by atoms with Crippen molar-refractivity contribution in [2.24, 2.45) is 5.16 Å². The van der Waals surface area contributed by atoms with Crippen molar-refractivity contribution >= 4 is 5.71 Å². The fourth-order valence-electron chi connectivity index (χ4n) is 1.41. The van der Waals surface area contributed by atoms with Gasteiger partial charge in [-0.15, -0.1) is 0 Å². The zero-order chi connectivity index (χ0) is 8.10. The van der Waals surface area contributed by atoms with Crippen LogP contribution in [-0.2, 0) is 9.57 Å². The van der Waals surface area contributed by atoms with E-state index in [4.69, 9.17) is 9.57 Å². The third-order valence-corrected chi connectivity index (χ3v) is 2.01. The van der Waals surface area contributed by atoms with Gasteiger partial charge in [0.25, 0.3) is 0 Å². The number of hydrogen-bond acceptors (Lipinski definition) is 3. The largest absolute Gasteiger partial charge is 0.399 e. The number of nitrogens with zero attached hydrogens (tertiary/aromatic N) is 1. The Labute approximate surface area is 67.4 Å². The normalized spacial score (nSPS) is 28.9. The van der Waals surface area contributed by atoms with Crippen LogP contribution in [0.15, 0.2) is 5.16 Å². The summed E-state index contributed by atoms with van der Waals surface area (Å²) in [6.07, 6.45) is 4.68. The highest BCUT2D eigenvalue weighted by Gasteiger charge is 2.17. The summed E-state index contributed by atoms with van der Waals surface area (Å²) in [6, 6.07) is 0. The summed E-state index contributed by atoms with van der Waals surface area (Å²) in [5.41, 5.74) is 1.13. The topological polar surface area (TPSA) is 30.8 Å². The van der Waals surface area contributed by atoms with Gasteiger partial charge in [-0.05, 0) is 19.3 Å². The highest BCUT2D eigenvalue weighted by atomic mass is 16.6. The Kier molecular flexibility index (Phi) is 3.36. The average Bonchev–Trinajstić information content (AvgIpc) is 2.06. The lowest BCUT2D eigenvalue weighted by Crippen LogP contribution is -2.21. The molecular formula is C8H15NO2. The predicted octanol–water partition coefficient (Wildman–Crippen LogP) is 1.58. The maximum Gasteiger partial charge on any atom is 0.106 e. The lowest BCUT2D eigenvalue weighted by atomic mass is 9.96. The van der Waals surface area contributed by atoms with Gasteiger partial charge < -0.3 is 9.57 Å². The Morgan fingerprint density at radius 2 is 2.27 bits per heavy atom. The van der Waals surface area contributed by atoms with E-state index >= 15 is 0 Å². The first-order valence-electron chi connectivity index (χ1n) is 3.98. The molecule has 0 aromatic rings. The first-order valence-corrected chi connectivity index (χ1v) is 3.98. The van der Waals surface area contributed by atoms with Gasteiger partial charge in [0.1, 0.15) is 7.11 Å². The molecule has 3 heteroatoms. The number of oxime groups is 1. The van der Waals surface area contributed by atoms with Gasteiger partial charge >= 0.3 is 0 Å². The van der Waals surface area contributed by atoms with Gasteiger partial charge in [0.15, 0.2) is 0 Å². The van der Waals surface area contributed by atoms with Crippen molar-refractivity contribution in [3.8, 4) is 0 Å². The van der Waals surface area contributed by atoms with E-state index in [2.05, 4.69) is 5.16 Å². The van der Waals surface area contributed by atoms with Crippen LogP contribution in [0.4, 0.5) is 0 Å². The molecule has 1 rings (SSSR count). The van der Waals surface area contributed by atoms with Crippen LogP contribution in [0.1, 0.15) is 25.7 Å². The maximum absolute atomic E-state index is 5.23. The average molecular weight is 157 g/mol. The minimum atomic E-state index is 0.359. The van der Waals surface area contributed by atoms with Crippen LogP contribution >= 0.6 is 0 Å². The summed E-state index contributed by atoms with van der Waals surface area (Å²) >= 11 is 0. The molecule has 0 amide bonds. The molecule has 3 nitrogen and oxygen atoms in total. The number of ether oxygens (including phenoxy) is 1. The maximum atomic E-state index is 5.23. The van der Waals surface area contributed by atoms with Crippen molar-refractivity contribution in [2.45, 2.75) is 31.8 Å². The SMILES string of the molecule is CO/N=C1/CCCC(OC)C1. The second-order valence-electron chi connectivity index (χ2n) is 2.79. The van der Waals surface area contributed by atoms with Crippen molar-refractivity contribution in [2.75, 3.05) is 14.2 Å². The quantitative estimate of drug-likeness (QED) is 0.570. The molecule has 0 N–H and O–H groups in total. The standard InChI is InChI=1S/C8H15NO2/c1-10-8-5-3-4-7(6-8)9-11-2/h8H,3-6H2,1-2H3/b9-7-. The summed E-state index contributed by atoms with van der Waals surface area (Å²) in [7, 11) is 3.34. The van der Waals surface area contributed by atoms with Gasteiger partial charge in [-0.2, -0.15) is 0 Å². The first kappa shape index (κ1) is 8.53. The van der Waals surface area contributed by atoms with Crippen LogP contribution < -0.4 is 0 Å². The van der Waals surface area contributed by atoms with E-state index in [9.17, 15) is 0 Å². The molecule has 1 fully saturated rings. The van der Waals surface area contributed by atoms with E-state index in [1.165, 1.54) is 6.42 Å². The molecule has 1 aliphatic rings. The number of methoxy groups -OCH3 is 1. The Balaban J connectivity index is 2.39. The van der Waals surface area contributed by atoms with Gasteiger partial charge in [0, 0.05) is 13.5 Å². The molecule has 64 valence electrons. The van der Waals surface area contributed by atoms with E-state index in [0.29, 0.717) is 6.10 Å². The summed E-state index contributed by atoms with van der Waals surface area (Å²) in [5.74, 6) is 0. The fourth-order valence-corrected chi connectivity index (χ4v) is 1.41. The second-order valence-corrected chi connectivity index (χ2v) is 2.79. The molecular weight excluding hydrogens is 142 g/mol. The molecule has 0 radical (unpaired) electrons. The van der Waals surface area contributed by atoms with E-state index in [0.717, 1.165) is 25.0 Å². The van der Waals surface area contributed by atoms with Crippen LogP contribution in [-0.4, -0.2) is 26.0 Å². The van der Waals surface area contributed by atoms with Gasteiger partial charge in [-0.25, -0.2) is 0 Å². The molecule has 0 spiro atoms. The van der Waals surface area contributed by atoms with Crippen LogP contribution in [0.25, 0.3) is 0 Å². The Hall–Kier alpha value is -0.570. The third-order valence-electron chi connectivity index (χ3n) is 2.01. The van der Waals surface area contributed by atoms with E-state index < -0.39 is 0 Å². The molecule has 0 heterocycles. The highest BCUT2D eigenvalue weighted by Crippen LogP contribution is 2.18. The zero-order valence-corrected chi connectivity index (χ0v) is 7.17. The molecule has 1 aliphatic carbocycles. The van der Waals surface area contributed by atoms with Crippen molar-refractivity contribution in [1.82, 2.24) is 0 Å². The number of rotatable bonds is 2. The number of hydrogen-bond donors (Lipinski definition) is 0. The molecule has 1 saturated carbocycles. The molecule has 0 aliphatic heterocycles. The molecule has 0 bridgehead atoms. The van der Waals surface area contributed by atoms with Crippen LogP contribution in [0.3, 0.4) is 0 Å². The highest BCUT2D eigenvalue weighted by molar-refractivity contribution is 5.85. The monoisotopic (exact) mass is 157 g/mol. The lowest BCUT2D eigenvalue weighted by Gasteiger charge is -2.20. The molecule has 1 atom stereocenters. The smallest absolute Gasteiger partial charge is 0.106 e. The van der Waals surface area contributed by atoms with Gasteiger partial charge in [0.05, 0.1) is 11.8 Å². The summed E-state index contributed by atoms with van der Waals surface area (Å²) in [4.78, 5) is 4.71. The van der Waals surface area contributed by atoms with E-state index in [-0.39, 0.29) is 0 Å². The minimum absolute atomic E-state index is 0.359. The lowest BCUT2D eigenvalue weighted by molar-refractivity contribution is 0.0922. The van der Waals surface area contributed by atoms with Crippen molar-refractivity contribution < 1.29 is 9.57 Å². The summed E-state index contributed by atoms with van der Waals surface area (Å²) in [5, 5.41) is 3.92. The van der Waals surface area contributed by atoms with Crippen molar-refractivity contribution in [1.29, 1.82) is 0 Å². The van der Waals surface area contributed by atoms with E-state index in [1.54, 1.807) is 14.2 Å². The van der Waals surface area contributed by atoms with Crippen molar-refractivity contribution in [3.05, 3.63) is 0 Å². The molecule has 0 aromatic heterocycles. The Morgan fingerprint density at radius 3 is 2.91 bits per heavy atom. The van der Waals surface area contributed by atoms with Gasteiger partial charge in [-0.3, -0.25) is 0 Å². The van der Waals surface area contributed by atoms with E-state index in [1.807, 2.05) is 0 Å².